The lowest BCUT2D eigenvalue weighted by Crippen LogP contribution is -2.07. The highest BCUT2D eigenvalue weighted by Gasteiger charge is 2.26. The van der Waals surface area contributed by atoms with E-state index in [2.05, 4.69) is 223 Å². The highest BCUT2D eigenvalue weighted by Crippen LogP contribution is 2.50. The molecule has 0 atom stereocenters. The third-order valence-electron chi connectivity index (χ3n) is 14.1. The average molecular weight is 807 g/mol. The number of benzene rings is 9. The molecule has 4 heteroatoms. The Bertz CT molecular complexity index is 3900. The maximum atomic E-state index is 5.21. The number of imidazole rings is 2. The van der Waals surface area contributed by atoms with Gasteiger partial charge in [0.2, 0.25) is 5.78 Å². The zero-order valence-electron chi connectivity index (χ0n) is 35.6. The van der Waals surface area contributed by atoms with Crippen molar-refractivity contribution < 1.29 is 0 Å². The highest BCUT2D eigenvalue weighted by atomic mass is 15.2. The SMILES string of the molecule is Cc1c(C)c(C)c(-n2c3ccccc3c3cc(-n4c5ccccc5n5c6ccccc6nc45)ccc32)c(-c2ccc3c(c2)-c2ccccc2-c2ccccc2-c2ccccc2-3)c1C. The zero-order chi connectivity index (χ0) is 42.1. The Labute approximate surface area is 365 Å². The van der Waals surface area contributed by atoms with Crippen molar-refractivity contribution in [3.05, 3.63) is 204 Å². The van der Waals surface area contributed by atoms with Gasteiger partial charge in [0, 0.05) is 22.0 Å². The van der Waals surface area contributed by atoms with Crippen LogP contribution in [-0.4, -0.2) is 18.5 Å². The van der Waals surface area contributed by atoms with Crippen LogP contribution in [0, 0.1) is 27.7 Å². The molecular weight excluding hydrogens is 765 g/mol. The summed E-state index contributed by atoms with van der Waals surface area (Å²) in [5.74, 6) is 0.912. The Balaban J connectivity index is 1.08. The third kappa shape index (κ3) is 4.95. The van der Waals surface area contributed by atoms with E-state index in [1.54, 1.807) is 0 Å². The maximum Gasteiger partial charge on any atom is 0.220 e. The molecule has 3 aromatic heterocycles. The van der Waals surface area contributed by atoms with Crippen LogP contribution in [0.3, 0.4) is 0 Å². The van der Waals surface area contributed by atoms with Gasteiger partial charge in [0.05, 0.1) is 38.8 Å². The molecule has 0 radical (unpaired) electrons. The number of hydrogen-bond donors (Lipinski definition) is 0. The fourth-order valence-corrected chi connectivity index (χ4v) is 10.9. The van der Waals surface area contributed by atoms with Gasteiger partial charge in [-0.15, -0.1) is 0 Å². The molecule has 9 aromatic carbocycles. The molecule has 0 aliphatic heterocycles. The molecule has 298 valence electrons. The van der Waals surface area contributed by atoms with E-state index < -0.39 is 0 Å². The Kier molecular flexibility index (Phi) is 7.54. The maximum absolute atomic E-state index is 5.21. The third-order valence-corrected chi connectivity index (χ3v) is 14.1. The van der Waals surface area contributed by atoms with Crippen molar-refractivity contribution in [1.29, 1.82) is 0 Å². The molecule has 0 fully saturated rings. The molecule has 63 heavy (non-hydrogen) atoms. The van der Waals surface area contributed by atoms with E-state index in [4.69, 9.17) is 4.98 Å². The van der Waals surface area contributed by atoms with E-state index in [1.165, 1.54) is 105 Å². The highest BCUT2D eigenvalue weighted by molar-refractivity contribution is 6.11. The Morgan fingerprint density at radius 3 is 1.52 bits per heavy atom. The Hall–Kier alpha value is -7.95. The first-order valence-corrected chi connectivity index (χ1v) is 21.9. The van der Waals surface area contributed by atoms with Gasteiger partial charge in [0.15, 0.2) is 0 Å². The number of hydrogen-bond acceptors (Lipinski definition) is 1. The summed E-state index contributed by atoms with van der Waals surface area (Å²) in [6, 6.07) is 66.9. The Morgan fingerprint density at radius 2 is 0.857 bits per heavy atom. The molecule has 0 spiro atoms. The summed E-state index contributed by atoms with van der Waals surface area (Å²) < 4.78 is 7.16. The zero-order valence-corrected chi connectivity index (χ0v) is 35.6. The topological polar surface area (TPSA) is 27.2 Å². The summed E-state index contributed by atoms with van der Waals surface area (Å²) in [5.41, 5.74) is 26.8. The molecule has 0 N–H and O–H groups in total. The van der Waals surface area contributed by atoms with Gasteiger partial charge in [-0.1, -0.05) is 127 Å². The van der Waals surface area contributed by atoms with E-state index in [9.17, 15) is 0 Å². The second-order valence-electron chi connectivity index (χ2n) is 17.2. The van der Waals surface area contributed by atoms with Crippen molar-refractivity contribution in [1.82, 2.24) is 18.5 Å². The normalized spacial score (nSPS) is 12.1. The van der Waals surface area contributed by atoms with Crippen molar-refractivity contribution in [2.45, 2.75) is 27.7 Å². The first-order valence-electron chi connectivity index (χ1n) is 21.9. The molecule has 1 aliphatic carbocycles. The minimum Gasteiger partial charge on any atom is -0.308 e. The summed E-state index contributed by atoms with van der Waals surface area (Å²) in [5, 5.41) is 2.43. The molecule has 0 bridgehead atoms. The molecule has 12 aromatic rings. The molecule has 0 unspecified atom stereocenters. The largest absolute Gasteiger partial charge is 0.308 e. The molecule has 13 rings (SSSR count). The van der Waals surface area contributed by atoms with Crippen molar-refractivity contribution in [3.63, 3.8) is 0 Å². The average Bonchev–Trinajstić information content (AvgIpc) is 3.98. The number of rotatable bonds is 3. The molecule has 0 saturated carbocycles. The van der Waals surface area contributed by atoms with E-state index in [0.717, 1.165) is 33.5 Å². The van der Waals surface area contributed by atoms with Crippen molar-refractivity contribution >= 4 is 49.7 Å². The van der Waals surface area contributed by atoms with Gasteiger partial charge in [0.1, 0.15) is 0 Å². The van der Waals surface area contributed by atoms with E-state index >= 15 is 0 Å². The van der Waals surface area contributed by atoms with E-state index in [1.807, 2.05) is 0 Å². The predicted molar refractivity (Wildman–Crippen MR) is 264 cm³/mol. The standard InChI is InChI=1S/C59H42N4/c1-35-36(2)38(4)58(57(37(35)3)39-29-31-47-45-21-8-7-19-43(45)41-17-5-6-18-42(41)44-20-9-10-22-46(44)49(47)33-39)62-52-25-13-11-23-48(52)50-34-40(30-32-53(50)62)61-55-27-15-16-28-56(55)63-54-26-14-12-24-51(54)60-59(61)63/h5-34H,1-4H3. The van der Waals surface area contributed by atoms with Gasteiger partial charge in [0.25, 0.3) is 0 Å². The molecular formula is C59H42N4. The number of nitrogens with zero attached hydrogens (tertiary/aromatic N) is 4. The van der Waals surface area contributed by atoms with Crippen LogP contribution in [-0.2, 0) is 0 Å². The molecule has 0 amide bonds. The second kappa shape index (κ2) is 13.3. The van der Waals surface area contributed by atoms with Crippen molar-refractivity contribution in [3.8, 4) is 67.0 Å². The van der Waals surface area contributed by atoms with E-state index in [0.29, 0.717) is 0 Å². The molecule has 3 heterocycles. The monoisotopic (exact) mass is 806 g/mol. The lowest BCUT2D eigenvalue weighted by molar-refractivity contribution is 1.10. The lowest BCUT2D eigenvalue weighted by atomic mass is 9.79. The fourth-order valence-electron chi connectivity index (χ4n) is 10.9. The van der Waals surface area contributed by atoms with Crippen LogP contribution in [0.1, 0.15) is 22.3 Å². The smallest absolute Gasteiger partial charge is 0.220 e. The minimum atomic E-state index is 0.912. The molecule has 1 aliphatic rings. The van der Waals surface area contributed by atoms with Crippen LogP contribution in [0.2, 0.25) is 0 Å². The number of fused-ring (bicyclic) bond motifs is 16. The Morgan fingerprint density at radius 1 is 0.349 bits per heavy atom. The first kappa shape index (κ1) is 35.8. The van der Waals surface area contributed by atoms with Crippen LogP contribution >= 0.6 is 0 Å². The fraction of sp³-hybridized carbons (Fsp3) is 0.0678. The number of para-hydroxylation sites is 5. The van der Waals surface area contributed by atoms with Crippen LogP contribution in [0.5, 0.6) is 0 Å². The lowest BCUT2D eigenvalue weighted by Gasteiger charge is -2.26. The van der Waals surface area contributed by atoms with Gasteiger partial charge in [-0.3, -0.25) is 8.97 Å². The summed E-state index contributed by atoms with van der Waals surface area (Å²) >= 11 is 0. The summed E-state index contributed by atoms with van der Waals surface area (Å²) in [4.78, 5) is 5.21. The van der Waals surface area contributed by atoms with Gasteiger partial charge in [-0.05, 0) is 155 Å². The molecule has 4 nitrogen and oxygen atoms in total. The van der Waals surface area contributed by atoms with Gasteiger partial charge >= 0.3 is 0 Å². The van der Waals surface area contributed by atoms with E-state index in [-0.39, 0.29) is 0 Å². The summed E-state index contributed by atoms with van der Waals surface area (Å²) in [6.45, 7) is 9.22. The predicted octanol–water partition coefficient (Wildman–Crippen LogP) is 15.4. The van der Waals surface area contributed by atoms with Gasteiger partial charge in [-0.25, -0.2) is 4.98 Å². The minimum absolute atomic E-state index is 0.912. The quantitative estimate of drug-likeness (QED) is 0.175. The van der Waals surface area contributed by atoms with Crippen LogP contribution in [0.25, 0.3) is 117 Å². The van der Waals surface area contributed by atoms with Crippen LogP contribution in [0.4, 0.5) is 0 Å². The summed E-state index contributed by atoms with van der Waals surface area (Å²) in [7, 11) is 0. The molecule has 0 saturated heterocycles. The first-order chi connectivity index (χ1) is 31.0. The van der Waals surface area contributed by atoms with Gasteiger partial charge < -0.3 is 4.57 Å². The van der Waals surface area contributed by atoms with Gasteiger partial charge in [-0.2, -0.15) is 0 Å². The van der Waals surface area contributed by atoms with Crippen molar-refractivity contribution in [2.24, 2.45) is 0 Å². The second-order valence-corrected chi connectivity index (χ2v) is 17.2. The summed E-state index contributed by atoms with van der Waals surface area (Å²) in [6.07, 6.45) is 0. The van der Waals surface area contributed by atoms with Crippen LogP contribution < -0.4 is 0 Å². The van der Waals surface area contributed by atoms with Crippen LogP contribution in [0.15, 0.2) is 182 Å². The van der Waals surface area contributed by atoms with Crippen molar-refractivity contribution in [2.75, 3.05) is 0 Å². The number of aromatic nitrogens is 4.